The van der Waals surface area contributed by atoms with Gasteiger partial charge in [-0.2, -0.15) is 11.8 Å². The van der Waals surface area contributed by atoms with E-state index in [4.69, 9.17) is 0 Å². The van der Waals surface area contributed by atoms with Crippen molar-refractivity contribution in [3.05, 3.63) is 11.6 Å². The second-order valence-electron chi connectivity index (χ2n) is 3.16. The van der Waals surface area contributed by atoms with E-state index in [1.54, 1.807) is 6.92 Å². The third-order valence-corrected chi connectivity index (χ3v) is 2.89. The first kappa shape index (κ1) is 13.6. The van der Waals surface area contributed by atoms with Crippen LogP contribution in [0.25, 0.3) is 0 Å². The Morgan fingerprint density at radius 3 is 2.71 bits per heavy atom. The maximum atomic E-state index is 11.0. The van der Waals surface area contributed by atoms with Crippen LogP contribution < -0.4 is 0 Å². The normalized spacial score (nSPS) is 11.5. The van der Waals surface area contributed by atoms with Crippen LogP contribution in [0, 0.1) is 0 Å². The third kappa shape index (κ3) is 7.01. The molecule has 0 aliphatic carbocycles. The topological polar surface area (TPSA) is 26.3 Å². The predicted molar refractivity (Wildman–Crippen MR) is 62.6 cm³/mol. The van der Waals surface area contributed by atoms with Gasteiger partial charge in [0.2, 0.25) is 0 Å². The first-order valence-corrected chi connectivity index (χ1v) is 6.20. The number of thioether (sulfide) groups is 1. The molecule has 0 saturated carbocycles. The molecule has 0 saturated heterocycles. The van der Waals surface area contributed by atoms with E-state index in [-0.39, 0.29) is 5.97 Å². The molecular formula is C11H20O2S. The highest BCUT2D eigenvalue weighted by atomic mass is 32.2. The first-order chi connectivity index (χ1) is 6.72. The van der Waals surface area contributed by atoms with Crippen molar-refractivity contribution in [2.24, 2.45) is 0 Å². The second-order valence-corrected chi connectivity index (χ2v) is 4.31. The fourth-order valence-electron chi connectivity index (χ4n) is 0.966. The highest BCUT2D eigenvalue weighted by Gasteiger charge is 2.00. The van der Waals surface area contributed by atoms with Crippen molar-refractivity contribution < 1.29 is 9.53 Å². The summed E-state index contributed by atoms with van der Waals surface area (Å²) in [5, 5.41) is 0. The summed E-state index contributed by atoms with van der Waals surface area (Å²) in [6.07, 6.45) is 5.76. The molecule has 0 N–H and O–H groups in total. The van der Waals surface area contributed by atoms with Gasteiger partial charge in [-0.05, 0) is 19.1 Å². The number of esters is 1. The minimum Gasteiger partial charge on any atom is -0.466 e. The van der Waals surface area contributed by atoms with Gasteiger partial charge in [0.25, 0.3) is 0 Å². The molecule has 0 aromatic rings. The maximum absolute atomic E-state index is 11.0. The summed E-state index contributed by atoms with van der Waals surface area (Å²) >= 11 is 1.87. The molecule has 0 rings (SSSR count). The molecule has 0 aromatic carbocycles. The number of ether oxygens (including phenoxy) is 1. The van der Waals surface area contributed by atoms with Gasteiger partial charge in [0.15, 0.2) is 0 Å². The van der Waals surface area contributed by atoms with Crippen molar-refractivity contribution in [3.63, 3.8) is 0 Å². The number of unbranched alkanes of at least 4 members (excludes halogenated alkanes) is 2. The Hall–Kier alpha value is -0.440. The summed E-state index contributed by atoms with van der Waals surface area (Å²) in [5.74, 6) is 1.86. The van der Waals surface area contributed by atoms with E-state index < -0.39 is 0 Å². The highest BCUT2D eigenvalue weighted by molar-refractivity contribution is 7.99. The summed E-state index contributed by atoms with van der Waals surface area (Å²) in [6.45, 7) is 3.99. The fourth-order valence-corrected chi connectivity index (χ4v) is 1.91. The van der Waals surface area contributed by atoms with Crippen LogP contribution >= 0.6 is 11.8 Å². The molecule has 0 heterocycles. The Bertz CT molecular complexity index is 188. The van der Waals surface area contributed by atoms with Gasteiger partial charge in [0, 0.05) is 11.3 Å². The number of methoxy groups -OCH3 is 1. The van der Waals surface area contributed by atoms with Crippen molar-refractivity contribution in [1.29, 1.82) is 0 Å². The highest BCUT2D eigenvalue weighted by Crippen LogP contribution is 2.08. The van der Waals surface area contributed by atoms with Gasteiger partial charge in [0.05, 0.1) is 7.11 Å². The van der Waals surface area contributed by atoms with Crippen LogP contribution in [0.5, 0.6) is 0 Å². The van der Waals surface area contributed by atoms with Crippen molar-refractivity contribution in [1.82, 2.24) is 0 Å². The van der Waals surface area contributed by atoms with Crippen molar-refractivity contribution in [2.45, 2.75) is 33.1 Å². The van der Waals surface area contributed by atoms with Gasteiger partial charge < -0.3 is 4.74 Å². The molecule has 3 heteroatoms. The van der Waals surface area contributed by atoms with Gasteiger partial charge in [-0.1, -0.05) is 25.8 Å². The lowest BCUT2D eigenvalue weighted by atomic mass is 10.3. The zero-order valence-corrected chi connectivity index (χ0v) is 10.2. The maximum Gasteiger partial charge on any atom is 0.333 e. The van der Waals surface area contributed by atoms with E-state index >= 15 is 0 Å². The largest absolute Gasteiger partial charge is 0.466 e. The smallest absolute Gasteiger partial charge is 0.333 e. The molecule has 0 fully saturated rings. The standard InChI is InChI=1S/C11H20O2S/c1-4-5-6-8-14-9-7-10(2)11(12)13-3/h7H,4-6,8-9H2,1-3H3/b10-7-. The lowest BCUT2D eigenvalue weighted by Crippen LogP contribution is -2.01. The second kappa shape index (κ2) is 9.13. The third-order valence-electron chi connectivity index (χ3n) is 1.91. The van der Waals surface area contributed by atoms with E-state index in [1.807, 2.05) is 17.8 Å². The van der Waals surface area contributed by atoms with Crippen LogP contribution in [0.4, 0.5) is 0 Å². The van der Waals surface area contributed by atoms with E-state index in [0.717, 1.165) is 5.75 Å². The molecule has 0 spiro atoms. The van der Waals surface area contributed by atoms with Crippen LogP contribution in [0.1, 0.15) is 33.1 Å². The van der Waals surface area contributed by atoms with Crippen LogP contribution in [0.15, 0.2) is 11.6 Å². The molecule has 0 aliphatic heterocycles. The molecule has 82 valence electrons. The molecule has 0 unspecified atom stereocenters. The number of carbonyl (C=O) groups is 1. The predicted octanol–water partition coefficient (Wildman–Crippen LogP) is 3.03. The Morgan fingerprint density at radius 1 is 1.43 bits per heavy atom. The Balaban J connectivity index is 3.46. The van der Waals surface area contributed by atoms with E-state index in [9.17, 15) is 4.79 Å². The molecule has 0 aliphatic rings. The average Bonchev–Trinajstić information content (AvgIpc) is 2.21. The van der Waals surface area contributed by atoms with Gasteiger partial charge in [-0.15, -0.1) is 0 Å². The van der Waals surface area contributed by atoms with Crippen LogP contribution in [0.3, 0.4) is 0 Å². The van der Waals surface area contributed by atoms with Gasteiger partial charge in [-0.25, -0.2) is 4.79 Å². The van der Waals surface area contributed by atoms with Gasteiger partial charge in [-0.3, -0.25) is 0 Å². The van der Waals surface area contributed by atoms with Crippen molar-refractivity contribution in [3.8, 4) is 0 Å². The summed E-state index contributed by atoms with van der Waals surface area (Å²) < 4.78 is 4.59. The monoisotopic (exact) mass is 216 g/mol. The van der Waals surface area contributed by atoms with Crippen LogP contribution in [-0.2, 0) is 9.53 Å². The molecule has 14 heavy (non-hydrogen) atoms. The Morgan fingerprint density at radius 2 is 2.14 bits per heavy atom. The Labute approximate surface area is 91.1 Å². The number of hydrogen-bond donors (Lipinski definition) is 0. The first-order valence-electron chi connectivity index (χ1n) is 5.05. The lowest BCUT2D eigenvalue weighted by Gasteiger charge is -1.99. The molecule has 0 amide bonds. The van der Waals surface area contributed by atoms with Gasteiger partial charge >= 0.3 is 5.97 Å². The zero-order valence-electron chi connectivity index (χ0n) is 9.34. The van der Waals surface area contributed by atoms with Gasteiger partial charge in [0.1, 0.15) is 0 Å². The zero-order chi connectivity index (χ0) is 10.8. The number of rotatable bonds is 7. The summed E-state index contributed by atoms with van der Waals surface area (Å²) in [5.41, 5.74) is 0.704. The average molecular weight is 216 g/mol. The molecule has 2 nitrogen and oxygen atoms in total. The summed E-state index contributed by atoms with van der Waals surface area (Å²) in [4.78, 5) is 11.0. The quantitative estimate of drug-likeness (QED) is 0.372. The molecule has 0 radical (unpaired) electrons. The van der Waals surface area contributed by atoms with Crippen molar-refractivity contribution >= 4 is 17.7 Å². The van der Waals surface area contributed by atoms with E-state index in [2.05, 4.69) is 11.7 Å². The summed E-state index contributed by atoms with van der Waals surface area (Å²) in [7, 11) is 1.41. The molecule has 0 bridgehead atoms. The number of carbonyl (C=O) groups excluding carboxylic acids is 1. The minimum absolute atomic E-state index is 0.223. The fraction of sp³-hybridized carbons (Fsp3) is 0.727. The van der Waals surface area contributed by atoms with E-state index in [0.29, 0.717) is 5.57 Å². The number of hydrogen-bond acceptors (Lipinski definition) is 3. The van der Waals surface area contributed by atoms with E-state index in [1.165, 1.54) is 32.1 Å². The molecule has 0 aromatic heterocycles. The Kier molecular flexibility index (Phi) is 8.84. The van der Waals surface area contributed by atoms with Crippen LogP contribution in [-0.4, -0.2) is 24.6 Å². The summed E-state index contributed by atoms with van der Waals surface area (Å²) in [6, 6.07) is 0. The molecule has 0 atom stereocenters. The van der Waals surface area contributed by atoms with Crippen molar-refractivity contribution in [2.75, 3.05) is 18.6 Å². The minimum atomic E-state index is -0.223. The molecular weight excluding hydrogens is 196 g/mol. The lowest BCUT2D eigenvalue weighted by molar-refractivity contribution is -0.136. The SMILES string of the molecule is CCCCCSC/C=C(/C)C(=O)OC. The van der Waals surface area contributed by atoms with Crippen LogP contribution in [0.2, 0.25) is 0 Å².